The maximum Gasteiger partial charge on any atom is 0.125 e. The number of nitrogens with one attached hydrogen (secondary N) is 1. The summed E-state index contributed by atoms with van der Waals surface area (Å²) in [6.45, 7) is 0. The van der Waals surface area contributed by atoms with E-state index in [4.69, 9.17) is 41.2 Å². The molecule has 0 aliphatic heterocycles. The lowest BCUT2D eigenvalue weighted by Gasteiger charge is -2.13. The van der Waals surface area contributed by atoms with Crippen molar-refractivity contribution in [2.24, 2.45) is 5.73 Å². The van der Waals surface area contributed by atoms with E-state index in [0.717, 1.165) is 0 Å². The molecule has 0 unspecified atom stereocenters. The third kappa shape index (κ3) is 3.35. The number of halogens is 3. The molecule has 19 heavy (non-hydrogen) atoms. The Bertz CT molecular complexity index is 647. The number of nitrogens with two attached hydrogens (primary N) is 1. The van der Waals surface area contributed by atoms with Gasteiger partial charge in [0.1, 0.15) is 10.8 Å². The Labute approximate surface area is 125 Å². The lowest BCUT2D eigenvalue weighted by molar-refractivity contribution is 0.628. The molecule has 0 fully saturated rings. The van der Waals surface area contributed by atoms with Crippen LogP contribution >= 0.6 is 35.4 Å². The van der Waals surface area contributed by atoms with Gasteiger partial charge in [0.15, 0.2) is 0 Å². The van der Waals surface area contributed by atoms with Gasteiger partial charge in [-0.15, -0.1) is 0 Å². The first-order valence-corrected chi connectivity index (χ1v) is 6.45. The van der Waals surface area contributed by atoms with Crippen LogP contribution in [-0.2, 0) is 0 Å². The van der Waals surface area contributed by atoms with Crippen LogP contribution in [0, 0.1) is 5.82 Å². The SMILES string of the molecule is NC(=S)c1ccc(Cl)cc1Nc1cc(F)ccc1Cl. The Morgan fingerprint density at radius 2 is 1.84 bits per heavy atom. The smallest absolute Gasteiger partial charge is 0.125 e. The van der Waals surface area contributed by atoms with Crippen LogP contribution < -0.4 is 11.1 Å². The molecule has 98 valence electrons. The molecule has 2 aromatic carbocycles. The van der Waals surface area contributed by atoms with E-state index in [-0.39, 0.29) is 4.99 Å². The van der Waals surface area contributed by atoms with Gasteiger partial charge in [0.25, 0.3) is 0 Å². The number of thiocarbonyl (C=S) groups is 1. The lowest BCUT2D eigenvalue weighted by atomic mass is 10.1. The summed E-state index contributed by atoms with van der Waals surface area (Å²) in [6, 6.07) is 9.04. The first-order valence-electron chi connectivity index (χ1n) is 5.29. The van der Waals surface area contributed by atoms with Gasteiger partial charge in [0.2, 0.25) is 0 Å². The normalized spacial score (nSPS) is 10.3. The molecule has 0 heterocycles. The Morgan fingerprint density at radius 1 is 1.11 bits per heavy atom. The van der Waals surface area contributed by atoms with E-state index in [9.17, 15) is 4.39 Å². The number of rotatable bonds is 3. The number of hydrogen-bond acceptors (Lipinski definition) is 2. The summed E-state index contributed by atoms with van der Waals surface area (Å²) in [5, 5.41) is 3.87. The first kappa shape index (κ1) is 14.1. The van der Waals surface area contributed by atoms with E-state index < -0.39 is 5.82 Å². The van der Waals surface area contributed by atoms with Crippen molar-refractivity contribution in [1.29, 1.82) is 0 Å². The van der Waals surface area contributed by atoms with Crippen molar-refractivity contribution >= 4 is 51.8 Å². The summed E-state index contributed by atoms with van der Waals surface area (Å²) in [4.78, 5) is 0.215. The van der Waals surface area contributed by atoms with Crippen molar-refractivity contribution in [3.63, 3.8) is 0 Å². The summed E-state index contributed by atoms with van der Waals surface area (Å²) < 4.78 is 13.2. The average molecular weight is 315 g/mol. The Morgan fingerprint density at radius 3 is 2.53 bits per heavy atom. The maximum atomic E-state index is 13.2. The summed E-state index contributed by atoms with van der Waals surface area (Å²) in [7, 11) is 0. The standard InChI is InChI=1S/C13H9Cl2FN2S/c14-7-1-3-9(13(17)19)11(5-7)18-12-6-8(16)2-4-10(12)15/h1-6,18H,(H2,17,19). The van der Waals surface area contributed by atoms with Gasteiger partial charge in [-0.3, -0.25) is 0 Å². The zero-order valence-electron chi connectivity index (χ0n) is 9.58. The minimum Gasteiger partial charge on any atom is -0.389 e. The topological polar surface area (TPSA) is 38.0 Å². The fourth-order valence-corrected chi connectivity index (χ4v) is 2.09. The Hall–Kier alpha value is -1.36. The predicted octanol–water partition coefficient (Wildman–Crippen LogP) is 4.51. The van der Waals surface area contributed by atoms with Crippen LogP contribution in [0.15, 0.2) is 36.4 Å². The van der Waals surface area contributed by atoms with Crippen molar-refractivity contribution in [1.82, 2.24) is 0 Å². The van der Waals surface area contributed by atoms with E-state index >= 15 is 0 Å². The highest BCUT2D eigenvalue weighted by Gasteiger charge is 2.09. The highest BCUT2D eigenvalue weighted by atomic mass is 35.5. The molecule has 0 spiro atoms. The second-order valence-electron chi connectivity index (χ2n) is 3.80. The van der Waals surface area contributed by atoms with E-state index in [1.54, 1.807) is 18.2 Å². The first-order chi connectivity index (χ1) is 8.97. The van der Waals surface area contributed by atoms with Crippen LogP contribution in [-0.4, -0.2) is 4.99 Å². The van der Waals surface area contributed by atoms with Gasteiger partial charge in [-0.25, -0.2) is 4.39 Å². The lowest BCUT2D eigenvalue weighted by Crippen LogP contribution is -2.12. The van der Waals surface area contributed by atoms with E-state index in [1.165, 1.54) is 18.2 Å². The van der Waals surface area contributed by atoms with Crippen molar-refractivity contribution in [2.75, 3.05) is 5.32 Å². The molecule has 0 saturated carbocycles. The van der Waals surface area contributed by atoms with Crippen LogP contribution in [0.1, 0.15) is 5.56 Å². The van der Waals surface area contributed by atoms with Gasteiger partial charge in [0, 0.05) is 10.6 Å². The van der Waals surface area contributed by atoms with Crippen LogP contribution in [0.2, 0.25) is 10.0 Å². The van der Waals surface area contributed by atoms with Gasteiger partial charge >= 0.3 is 0 Å². The molecule has 6 heteroatoms. The quantitative estimate of drug-likeness (QED) is 0.819. The molecule has 0 amide bonds. The number of hydrogen-bond donors (Lipinski definition) is 2. The van der Waals surface area contributed by atoms with Crippen LogP contribution in [0.5, 0.6) is 0 Å². The van der Waals surface area contributed by atoms with Crippen LogP contribution in [0.4, 0.5) is 15.8 Å². The molecule has 0 aliphatic rings. The zero-order valence-corrected chi connectivity index (χ0v) is 11.9. The molecule has 0 saturated heterocycles. The second-order valence-corrected chi connectivity index (χ2v) is 5.09. The Kier molecular flexibility index (Phi) is 4.24. The summed E-state index contributed by atoms with van der Waals surface area (Å²) in [5.41, 5.74) is 7.23. The van der Waals surface area contributed by atoms with Crippen LogP contribution in [0.25, 0.3) is 0 Å². The molecule has 2 aromatic rings. The average Bonchev–Trinajstić information content (AvgIpc) is 2.33. The van der Waals surface area contributed by atoms with Crippen molar-refractivity contribution in [2.45, 2.75) is 0 Å². The van der Waals surface area contributed by atoms with E-state index in [2.05, 4.69) is 5.32 Å². The molecule has 2 rings (SSSR count). The molecule has 3 N–H and O–H groups in total. The third-order valence-corrected chi connectivity index (χ3v) is 3.23. The van der Waals surface area contributed by atoms with E-state index in [1.807, 2.05) is 0 Å². The van der Waals surface area contributed by atoms with Crippen LogP contribution in [0.3, 0.4) is 0 Å². The van der Waals surface area contributed by atoms with Gasteiger partial charge in [-0.1, -0.05) is 35.4 Å². The Balaban J connectivity index is 2.45. The summed E-state index contributed by atoms with van der Waals surface area (Å²) in [6.07, 6.45) is 0. The monoisotopic (exact) mass is 314 g/mol. The van der Waals surface area contributed by atoms with Gasteiger partial charge in [0.05, 0.1) is 16.4 Å². The maximum absolute atomic E-state index is 13.2. The molecule has 0 aromatic heterocycles. The zero-order chi connectivity index (χ0) is 14.0. The second kappa shape index (κ2) is 5.74. The summed E-state index contributed by atoms with van der Waals surface area (Å²) in [5.74, 6) is -0.397. The molecular formula is C13H9Cl2FN2S. The third-order valence-electron chi connectivity index (χ3n) is 2.44. The molecule has 2 nitrogen and oxygen atoms in total. The fourth-order valence-electron chi connectivity index (χ4n) is 1.57. The molecule has 0 atom stereocenters. The number of benzene rings is 2. The molecule has 0 bridgehead atoms. The van der Waals surface area contributed by atoms with Gasteiger partial charge < -0.3 is 11.1 Å². The van der Waals surface area contributed by atoms with Crippen molar-refractivity contribution in [3.05, 3.63) is 57.8 Å². The highest BCUT2D eigenvalue weighted by molar-refractivity contribution is 7.80. The fraction of sp³-hybridized carbons (Fsp3) is 0. The van der Waals surface area contributed by atoms with Gasteiger partial charge in [-0.05, 0) is 36.4 Å². The predicted molar refractivity (Wildman–Crippen MR) is 82.0 cm³/mol. The van der Waals surface area contributed by atoms with Crippen molar-refractivity contribution in [3.8, 4) is 0 Å². The van der Waals surface area contributed by atoms with Gasteiger partial charge in [-0.2, -0.15) is 0 Å². The number of anilines is 2. The largest absolute Gasteiger partial charge is 0.389 e. The minimum atomic E-state index is -0.397. The van der Waals surface area contributed by atoms with Crippen molar-refractivity contribution < 1.29 is 4.39 Å². The summed E-state index contributed by atoms with van der Waals surface area (Å²) >= 11 is 16.9. The van der Waals surface area contributed by atoms with E-state index in [0.29, 0.717) is 27.0 Å². The molecule has 0 aliphatic carbocycles. The highest BCUT2D eigenvalue weighted by Crippen LogP contribution is 2.29. The molecule has 0 radical (unpaired) electrons. The minimum absolute atomic E-state index is 0.215. The molecular weight excluding hydrogens is 306 g/mol.